The summed E-state index contributed by atoms with van der Waals surface area (Å²) in [5.74, 6) is -0.650. The first kappa shape index (κ1) is 13.0. The molecule has 1 aliphatic heterocycles. The molecule has 1 aliphatic rings. The Hall–Kier alpha value is -1.47. The summed E-state index contributed by atoms with van der Waals surface area (Å²) < 4.78 is 5.43. The van der Waals surface area contributed by atoms with Crippen LogP contribution in [0.2, 0.25) is 0 Å². The summed E-state index contributed by atoms with van der Waals surface area (Å²) >= 11 is 1.08. The first-order chi connectivity index (χ1) is 8.65. The largest absolute Gasteiger partial charge is 0.378 e. The highest BCUT2D eigenvalue weighted by Gasteiger charge is 2.17. The number of hydrogen-bond acceptors (Lipinski definition) is 5. The molecule has 2 rings (SSSR count). The van der Waals surface area contributed by atoms with Crippen molar-refractivity contribution in [2.75, 3.05) is 11.9 Å². The number of rotatable bonds is 5. The lowest BCUT2D eigenvalue weighted by Gasteiger charge is -2.07. The fourth-order valence-electron chi connectivity index (χ4n) is 1.79. The van der Waals surface area contributed by atoms with Crippen LogP contribution in [0.1, 0.15) is 35.4 Å². The zero-order chi connectivity index (χ0) is 13.0. The second kappa shape index (κ2) is 5.92. The van der Waals surface area contributed by atoms with Gasteiger partial charge >= 0.3 is 0 Å². The number of anilines is 1. The van der Waals surface area contributed by atoms with Crippen LogP contribution in [-0.2, 0) is 9.53 Å². The van der Waals surface area contributed by atoms with Gasteiger partial charge in [0, 0.05) is 13.0 Å². The Kier molecular flexibility index (Phi) is 4.27. The molecule has 0 radical (unpaired) electrons. The van der Waals surface area contributed by atoms with Crippen molar-refractivity contribution in [3.63, 3.8) is 0 Å². The van der Waals surface area contributed by atoms with Crippen LogP contribution >= 0.6 is 11.3 Å². The maximum Gasteiger partial charge on any atom is 0.260 e. The van der Waals surface area contributed by atoms with Crippen molar-refractivity contribution in [2.45, 2.75) is 31.8 Å². The highest BCUT2D eigenvalue weighted by molar-refractivity contribution is 7.17. The topological polar surface area (TPSA) is 94.3 Å². The maximum absolute atomic E-state index is 11.6. The van der Waals surface area contributed by atoms with Gasteiger partial charge in [0.15, 0.2) is 5.13 Å². The summed E-state index contributed by atoms with van der Waals surface area (Å²) in [4.78, 5) is 26.7. The molecule has 2 amide bonds. The Morgan fingerprint density at radius 3 is 3.06 bits per heavy atom. The van der Waals surface area contributed by atoms with E-state index in [2.05, 4.69) is 10.3 Å². The fraction of sp³-hybridized carbons (Fsp3) is 0.545. The second-order valence-electron chi connectivity index (χ2n) is 4.12. The third-order valence-electron chi connectivity index (χ3n) is 2.71. The van der Waals surface area contributed by atoms with Gasteiger partial charge in [-0.05, 0) is 19.3 Å². The molecule has 0 spiro atoms. The number of hydrogen-bond donors (Lipinski definition) is 2. The van der Waals surface area contributed by atoms with Gasteiger partial charge < -0.3 is 15.8 Å². The molecule has 1 atom stereocenters. The van der Waals surface area contributed by atoms with E-state index in [1.165, 1.54) is 6.20 Å². The molecule has 0 bridgehead atoms. The minimum Gasteiger partial charge on any atom is -0.378 e. The number of thiazole rings is 1. The van der Waals surface area contributed by atoms with Crippen LogP contribution in [-0.4, -0.2) is 29.5 Å². The lowest BCUT2D eigenvalue weighted by atomic mass is 10.1. The molecule has 18 heavy (non-hydrogen) atoms. The lowest BCUT2D eigenvalue weighted by molar-refractivity contribution is -0.116. The van der Waals surface area contributed by atoms with Gasteiger partial charge in [0.05, 0.1) is 12.3 Å². The molecule has 1 aromatic rings. The summed E-state index contributed by atoms with van der Waals surface area (Å²) in [5, 5.41) is 3.05. The van der Waals surface area contributed by atoms with E-state index < -0.39 is 5.91 Å². The molecule has 2 heterocycles. The Balaban J connectivity index is 1.77. The fourth-order valence-corrected chi connectivity index (χ4v) is 2.48. The van der Waals surface area contributed by atoms with E-state index in [4.69, 9.17) is 10.5 Å². The number of primary amides is 1. The number of carbonyl (C=O) groups excluding carboxylic acids is 2. The van der Waals surface area contributed by atoms with E-state index in [-0.39, 0.29) is 12.0 Å². The SMILES string of the molecule is NC(=O)c1cnc(NC(=O)CC[C@H]2CCCO2)s1. The first-order valence-electron chi connectivity index (χ1n) is 5.82. The number of nitrogens with two attached hydrogens (primary N) is 1. The van der Waals surface area contributed by atoms with Gasteiger partial charge in [-0.15, -0.1) is 0 Å². The van der Waals surface area contributed by atoms with E-state index in [0.717, 1.165) is 37.2 Å². The number of aromatic nitrogens is 1. The molecule has 0 unspecified atom stereocenters. The van der Waals surface area contributed by atoms with Gasteiger partial charge in [-0.2, -0.15) is 0 Å². The van der Waals surface area contributed by atoms with Gasteiger partial charge in [-0.25, -0.2) is 4.98 Å². The lowest BCUT2D eigenvalue weighted by Crippen LogP contribution is -2.15. The molecule has 1 fully saturated rings. The van der Waals surface area contributed by atoms with Crippen LogP contribution < -0.4 is 11.1 Å². The standard InChI is InChI=1S/C11H15N3O3S/c12-10(16)8-6-13-11(18-8)14-9(15)4-3-7-2-1-5-17-7/h6-7H,1-5H2,(H2,12,16)(H,13,14,15)/t7-/m1/s1. The Bertz CT molecular complexity index is 440. The molecule has 0 aromatic carbocycles. The monoisotopic (exact) mass is 269 g/mol. The highest BCUT2D eigenvalue weighted by Crippen LogP contribution is 2.19. The van der Waals surface area contributed by atoms with Gasteiger partial charge in [0.1, 0.15) is 4.88 Å². The third kappa shape index (κ3) is 3.51. The number of nitrogens with one attached hydrogen (secondary N) is 1. The molecule has 7 heteroatoms. The third-order valence-corrected chi connectivity index (χ3v) is 3.64. The molecule has 0 saturated carbocycles. The Morgan fingerprint density at radius 2 is 2.44 bits per heavy atom. The van der Waals surface area contributed by atoms with Gasteiger partial charge in [0.2, 0.25) is 5.91 Å². The molecule has 1 aromatic heterocycles. The number of carbonyl (C=O) groups is 2. The van der Waals surface area contributed by atoms with Crippen molar-refractivity contribution in [3.05, 3.63) is 11.1 Å². The average molecular weight is 269 g/mol. The van der Waals surface area contributed by atoms with Crippen molar-refractivity contribution in [1.82, 2.24) is 4.98 Å². The van der Waals surface area contributed by atoms with Crippen molar-refractivity contribution in [1.29, 1.82) is 0 Å². The number of nitrogens with zero attached hydrogens (tertiary/aromatic N) is 1. The van der Waals surface area contributed by atoms with E-state index in [1.807, 2.05) is 0 Å². The Morgan fingerprint density at radius 1 is 1.61 bits per heavy atom. The van der Waals surface area contributed by atoms with Gasteiger partial charge in [0.25, 0.3) is 5.91 Å². The van der Waals surface area contributed by atoms with Crippen LogP contribution in [0.15, 0.2) is 6.20 Å². The van der Waals surface area contributed by atoms with Crippen molar-refractivity contribution < 1.29 is 14.3 Å². The van der Waals surface area contributed by atoms with Crippen molar-refractivity contribution >= 4 is 28.3 Å². The Labute approximate surface area is 109 Å². The molecule has 1 saturated heterocycles. The highest BCUT2D eigenvalue weighted by atomic mass is 32.1. The predicted octanol–water partition coefficient (Wildman–Crippen LogP) is 1.14. The molecule has 0 aliphatic carbocycles. The molecule has 6 nitrogen and oxygen atoms in total. The van der Waals surface area contributed by atoms with E-state index in [0.29, 0.717) is 16.4 Å². The minimum atomic E-state index is -0.535. The van der Waals surface area contributed by atoms with Crippen molar-refractivity contribution in [3.8, 4) is 0 Å². The first-order valence-corrected chi connectivity index (χ1v) is 6.64. The molecular formula is C11H15N3O3S. The number of ether oxygens (including phenoxy) is 1. The van der Waals surface area contributed by atoms with Crippen LogP contribution in [0.4, 0.5) is 5.13 Å². The summed E-state index contributed by atoms with van der Waals surface area (Å²) in [6, 6.07) is 0. The smallest absolute Gasteiger partial charge is 0.260 e. The van der Waals surface area contributed by atoms with Crippen LogP contribution in [0.25, 0.3) is 0 Å². The average Bonchev–Trinajstić information content (AvgIpc) is 2.96. The maximum atomic E-state index is 11.6. The molecule has 3 N–H and O–H groups in total. The second-order valence-corrected chi connectivity index (χ2v) is 5.15. The van der Waals surface area contributed by atoms with E-state index in [1.54, 1.807) is 0 Å². The normalized spacial score (nSPS) is 18.8. The quantitative estimate of drug-likeness (QED) is 0.838. The van der Waals surface area contributed by atoms with Crippen LogP contribution in [0, 0.1) is 0 Å². The zero-order valence-electron chi connectivity index (χ0n) is 9.85. The molecule has 98 valence electrons. The van der Waals surface area contributed by atoms with Gasteiger partial charge in [-0.1, -0.05) is 11.3 Å². The van der Waals surface area contributed by atoms with E-state index in [9.17, 15) is 9.59 Å². The summed E-state index contributed by atoms with van der Waals surface area (Å²) in [6.45, 7) is 0.792. The van der Waals surface area contributed by atoms with Crippen molar-refractivity contribution in [2.24, 2.45) is 5.73 Å². The van der Waals surface area contributed by atoms with Crippen LogP contribution in [0.3, 0.4) is 0 Å². The van der Waals surface area contributed by atoms with Crippen LogP contribution in [0.5, 0.6) is 0 Å². The van der Waals surface area contributed by atoms with Gasteiger partial charge in [-0.3, -0.25) is 9.59 Å². The molecular weight excluding hydrogens is 254 g/mol. The number of amides is 2. The predicted molar refractivity (Wildman–Crippen MR) is 67.5 cm³/mol. The van der Waals surface area contributed by atoms with E-state index >= 15 is 0 Å². The summed E-state index contributed by atoms with van der Waals surface area (Å²) in [5.41, 5.74) is 5.10. The summed E-state index contributed by atoms with van der Waals surface area (Å²) in [6.07, 6.45) is 4.78. The zero-order valence-corrected chi connectivity index (χ0v) is 10.7. The minimum absolute atomic E-state index is 0.115. The summed E-state index contributed by atoms with van der Waals surface area (Å²) in [7, 11) is 0.